The van der Waals surface area contributed by atoms with Gasteiger partial charge in [-0.15, -0.1) is 0 Å². The lowest BCUT2D eigenvalue weighted by Crippen LogP contribution is -2.46. The first kappa shape index (κ1) is 18.0. The van der Waals surface area contributed by atoms with Crippen molar-refractivity contribution in [1.29, 1.82) is 0 Å². The average molecular weight is 360 g/mol. The van der Waals surface area contributed by atoms with Gasteiger partial charge in [-0.2, -0.15) is 0 Å². The van der Waals surface area contributed by atoms with Gasteiger partial charge in [0.2, 0.25) is 0 Å². The summed E-state index contributed by atoms with van der Waals surface area (Å²) in [5.74, 6) is 1.13. The molecule has 0 spiro atoms. The van der Waals surface area contributed by atoms with E-state index in [0.717, 1.165) is 38.5 Å². The Morgan fingerprint density at radius 3 is 2.26 bits per heavy atom. The molecule has 3 heteroatoms. The summed E-state index contributed by atoms with van der Waals surface area (Å²) in [7, 11) is 0. The molecule has 1 aliphatic heterocycles. The Bertz CT molecular complexity index is 896. The molecule has 1 fully saturated rings. The van der Waals surface area contributed by atoms with Crippen LogP contribution in [0.5, 0.6) is 0 Å². The number of pyridine rings is 1. The fourth-order valence-corrected chi connectivity index (χ4v) is 3.84. The third-order valence-corrected chi connectivity index (χ3v) is 5.55. The topological polar surface area (TPSA) is 19.4 Å². The SMILES string of the molecule is CC(C)(C)c1ccc(CN2CCN(c3nccc4ccccc34)CC2)cc1. The van der Waals surface area contributed by atoms with Crippen molar-refractivity contribution in [2.75, 3.05) is 31.1 Å². The van der Waals surface area contributed by atoms with Crippen molar-refractivity contribution in [3.8, 4) is 0 Å². The van der Waals surface area contributed by atoms with E-state index in [0.29, 0.717) is 0 Å². The molecule has 4 rings (SSSR count). The first-order chi connectivity index (χ1) is 13.0. The van der Waals surface area contributed by atoms with Crippen LogP contribution >= 0.6 is 0 Å². The molecule has 1 saturated heterocycles. The maximum absolute atomic E-state index is 4.68. The minimum absolute atomic E-state index is 0.218. The maximum atomic E-state index is 4.68. The molecule has 140 valence electrons. The number of rotatable bonds is 3. The largest absolute Gasteiger partial charge is 0.354 e. The minimum atomic E-state index is 0.218. The molecule has 1 aliphatic rings. The number of hydrogen-bond acceptors (Lipinski definition) is 3. The highest BCUT2D eigenvalue weighted by molar-refractivity contribution is 5.92. The van der Waals surface area contributed by atoms with Gasteiger partial charge in [0.1, 0.15) is 5.82 Å². The molecule has 27 heavy (non-hydrogen) atoms. The van der Waals surface area contributed by atoms with Crippen molar-refractivity contribution in [2.24, 2.45) is 0 Å². The second kappa shape index (κ2) is 7.32. The van der Waals surface area contributed by atoms with Crippen LogP contribution in [0.3, 0.4) is 0 Å². The Morgan fingerprint density at radius 2 is 1.56 bits per heavy atom. The van der Waals surface area contributed by atoms with Crippen LogP contribution in [0.4, 0.5) is 5.82 Å². The molecular weight excluding hydrogens is 330 g/mol. The van der Waals surface area contributed by atoms with Gasteiger partial charge < -0.3 is 4.90 Å². The van der Waals surface area contributed by atoms with Gasteiger partial charge in [0.05, 0.1) is 0 Å². The van der Waals surface area contributed by atoms with Crippen molar-refractivity contribution in [3.05, 3.63) is 71.9 Å². The van der Waals surface area contributed by atoms with Gasteiger partial charge in [-0.3, -0.25) is 4.90 Å². The van der Waals surface area contributed by atoms with Crippen LogP contribution < -0.4 is 4.90 Å². The summed E-state index contributed by atoms with van der Waals surface area (Å²) >= 11 is 0. The van der Waals surface area contributed by atoms with E-state index in [-0.39, 0.29) is 5.41 Å². The predicted octanol–water partition coefficient (Wildman–Crippen LogP) is 4.85. The number of aromatic nitrogens is 1. The highest BCUT2D eigenvalue weighted by atomic mass is 15.3. The molecule has 2 heterocycles. The first-order valence-corrected chi connectivity index (χ1v) is 9.91. The molecule has 2 aromatic carbocycles. The smallest absolute Gasteiger partial charge is 0.136 e. The highest BCUT2D eigenvalue weighted by Gasteiger charge is 2.20. The van der Waals surface area contributed by atoms with Gasteiger partial charge >= 0.3 is 0 Å². The van der Waals surface area contributed by atoms with Gasteiger partial charge in [0.15, 0.2) is 0 Å². The lowest BCUT2D eigenvalue weighted by Gasteiger charge is -2.36. The van der Waals surface area contributed by atoms with Gasteiger partial charge in [0.25, 0.3) is 0 Å². The van der Waals surface area contributed by atoms with E-state index < -0.39 is 0 Å². The number of nitrogens with zero attached hydrogens (tertiary/aromatic N) is 3. The zero-order chi connectivity index (χ0) is 18.9. The monoisotopic (exact) mass is 359 g/mol. The van der Waals surface area contributed by atoms with Crippen LogP contribution in [0.1, 0.15) is 31.9 Å². The fraction of sp³-hybridized carbons (Fsp3) is 0.375. The maximum Gasteiger partial charge on any atom is 0.136 e. The average Bonchev–Trinajstić information content (AvgIpc) is 2.68. The van der Waals surface area contributed by atoms with Crippen LogP contribution in [-0.4, -0.2) is 36.1 Å². The van der Waals surface area contributed by atoms with Crippen LogP contribution in [-0.2, 0) is 12.0 Å². The summed E-state index contributed by atoms with van der Waals surface area (Å²) in [5.41, 5.74) is 3.02. The van der Waals surface area contributed by atoms with E-state index in [9.17, 15) is 0 Å². The summed E-state index contributed by atoms with van der Waals surface area (Å²) in [6, 6.07) is 19.8. The first-order valence-electron chi connectivity index (χ1n) is 9.91. The van der Waals surface area contributed by atoms with Crippen molar-refractivity contribution in [3.63, 3.8) is 0 Å². The summed E-state index contributed by atoms with van der Waals surface area (Å²) in [5, 5.41) is 2.52. The Kier molecular flexibility index (Phi) is 4.88. The molecule has 0 saturated carbocycles. The van der Waals surface area contributed by atoms with E-state index in [1.165, 1.54) is 21.9 Å². The summed E-state index contributed by atoms with van der Waals surface area (Å²) in [6.45, 7) is 12.0. The van der Waals surface area contributed by atoms with E-state index in [1.54, 1.807) is 0 Å². The van der Waals surface area contributed by atoms with Crippen molar-refractivity contribution < 1.29 is 0 Å². The number of fused-ring (bicyclic) bond motifs is 1. The second-order valence-electron chi connectivity index (χ2n) is 8.57. The van der Waals surface area contributed by atoms with Crippen LogP contribution in [0.15, 0.2) is 60.8 Å². The Hall–Kier alpha value is -2.39. The molecule has 0 unspecified atom stereocenters. The standard InChI is InChI=1S/C24H29N3/c1-24(2,3)21-10-8-19(9-11-21)18-26-14-16-27(17-15-26)23-22-7-5-4-6-20(22)12-13-25-23/h4-13H,14-18H2,1-3H3. The number of anilines is 1. The van der Waals surface area contributed by atoms with Gasteiger partial charge in [-0.1, -0.05) is 69.3 Å². The van der Waals surface area contributed by atoms with E-state index in [4.69, 9.17) is 0 Å². The lowest BCUT2D eigenvalue weighted by molar-refractivity contribution is 0.249. The normalized spacial score (nSPS) is 16.0. The van der Waals surface area contributed by atoms with Crippen molar-refractivity contribution in [2.45, 2.75) is 32.7 Å². The highest BCUT2D eigenvalue weighted by Crippen LogP contribution is 2.26. The summed E-state index contributed by atoms with van der Waals surface area (Å²) in [6.07, 6.45) is 1.93. The number of piperazine rings is 1. The zero-order valence-electron chi connectivity index (χ0n) is 16.7. The molecule has 3 nitrogen and oxygen atoms in total. The predicted molar refractivity (Wildman–Crippen MR) is 114 cm³/mol. The third kappa shape index (κ3) is 3.98. The number of hydrogen-bond donors (Lipinski definition) is 0. The van der Waals surface area contributed by atoms with Gasteiger partial charge in [0, 0.05) is 44.3 Å². The van der Waals surface area contributed by atoms with E-state index in [1.807, 2.05) is 6.20 Å². The molecule has 0 bridgehead atoms. The second-order valence-corrected chi connectivity index (χ2v) is 8.57. The Morgan fingerprint density at radius 1 is 0.852 bits per heavy atom. The molecule has 0 radical (unpaired) electrons. The van der Waals surface area contributed by atoms with E-state index >= 15 is 0 Å². The van der Waals surface area contributed by atoms with E-state index in [2.05, 4.69) is 90.2 Å². The van der Waals surface area contributed by atoms with Crippen LogP contribution in [0.25, 0.3) is 10.8 Å². The van der Waals surface area contributed by atoms with Crippen molar-refractivity contribution >= 4 is 16.6 Å². The Balaban J connectivity index is 1.40. The third-order valence-electron chi connectivity index (χ3n) is 5.55. The fourth-order valence-electron chi connectivity index (χ4n) is 3.84. The van der Waals surface area contributed by atoms with Crippen LogP contribution in [0, 0.1) is 0 Å². The molecule has 0 N–H and O–H groups in total. The molecule has 1 aromatic heterocycles. The summed E-state index contributed by atoms with van der Waals surface area (Å²) in [4.78, 5) is 9.66. The lowest BCUT2D eigenvalue weighted by atomic mass is 9.87. The minimum Gasteiger partial charge on any atom is -0.354 e. The molecular formula is C24H29N3. The van der Waals surface area contributed by atoms with Crippen LogP contribution in [0.2, 0.25) is 0 Å². The molecule has 0 atom stereocenters. The van der Waals surface area contributed by atoms with Gasteiger partial charge in [-0.25, -0.2) is 4.98 Å². The zero-order valence-corrected chi connectivity index (χ0v) is 16.7. The molecule has 0 aliphatic carbocycles. The van der Waals surface area contributed by atoms with Crippen molar-refractivity contribution in [1.82, 2.24) is 9.88 Å². The van der Waals surface area contributed by atoms with Gasteiger partial charge in [-0.05, 0) is 28.0 Å². The molecule has 3 aromatic rings. The summed E-state index contributed by atoms with van der Waals surface area (Å²) < 4.78 is 0. The number of benzene rings is 2. The quantitative estimate of drug-likeness (QED) is 0.666. The molecule has 0 amide bonds. The Labute approximate surface area is 162 Å².